The monoisotopic (exact) mass is 421 g/mol. The highest BCUT2D eigenvalue weighted by Gasteiger charge is 2.42. The molecule has 27 heavy (non-hydrogen) atoms. The summed E-state index contributed by atoms with van der Waals surface area (Å²) in [6.45, 7) is -0.542. The summed E-state index contributed by atoms with van der Waals surface area (Å²) in [5.41, 5.74) is 0.926. The molecule has 0 aromatic carbocycles. The van der Waals surface area contributed by atoms with Crippen molar-refractivity contribution >= 4 is 33.7 Å². The van der Waals surface area contributed by atoms with E-state index in [2.05, 4.69) is 15.3 Å². The number of rotatable bonds is 5. The SMILES string of the molecule is O=C(Nc1nc(-c2sc(CO)nc2CO)cs1)C1CCC(C(F)(F)F)CC1. The molecule has 6 nitrogen and oxygen atoms in total. The molecule has 0 aliphatic heterocycles. The van der Waals surface area contributed by atoms with E-state index >= 15 is 0 Å². The van der Waals surface area contributed by atoms with Crippen molar-refractivity contribution in [1.82, 2.24) is 9.97 Å². The number of thiazole rings is 2. The second-order valence-corrected chi connectivity index (χ2v) is 8.26. The molecule has 1 amide bonds. The van der Waals surface area contributed by atoms with Crippen LogP contribution in [0.3, 0.4) is 0 Å². The molecule has 1 aliphatic rings. The summed E-state index contributed by atoms with van der Waals surface area (Å²) < 4.78 is 38.2. The predicted octanol–water partition coefficient (Wildman–Crippen LogP) is 3.56. The number of hydrogen-bond donors (Lipinski definition) is 3. The van der Waals surface area contributed by atoms with Crippen LogP contribution in [0.4, 0.5) is 18.3 Å². The third kappa shape index (κ3) is 4.65. The zero-order chi connectivity index (χ0) is 19.6. The molecular formula is C16H18F3N3O3S2. The van der Waals surface area contributed by atoms with E-state index < -0.39 is 18.0 Å². The van der Waals surface area contributed by atoms with Crippen molar-refractivity contribution in [3.63, 3.8) is 0 Å². The van der Waals surface area contributed by atoms with Crippen molar-refractivity contribution in [1.29, 1.82) is 0 Å². The number of anilines is 1. The molecule has 0 bridgehead atoms. The number of amides is 1. The molecule has 2 aromatic heterocycles. The number of nitrogens with one attached hydrogen (secondary N) is 1. The lowest BCUT2D eigenvalue weighted by atomic mass is 9.81. The Morgan fingerprint density at radius 2 is 1.89 bits per heavy atom. The first-order valence-corrected chi connectivity index (χ1v) is 10.0. The Morgan fingerprint density at radius 3 is 2.48 bits per heavy atom. The smallest absolute Gasteiger partial charge is 0.390 e. The number of aliphatic hydroxyl groups is 2. The Kier molecular flexibility index (Phi) is 6.14. The van der Waals surface area contributed by atoms with Crippen LogP contribution < -0.4 is 5.32 Å². The standard InChI is InChI=1S/C16H18F3N3O3S2/c17-16(18,19)9-3-1-8(2-4-9)14(25)22-15-21-11(7-26-15)13-10(5-23)20-12(6-24)27-13/h7-9,23-24H,1-6H2,(H,21,22,25). The number of carbonyl (C=O) groups excluding carboxylic acids is 1. The molecule has 0 unspecified atom stereocenters. The molecule has 0 spiro atoms. The van der Waals surface area contributed by atoms with Crippen LogP contribution in [0.15, 0.2) is 5.38 Å². The molecule has 0 saturated heterocycles. The van der Waals surface area contributed by atoms with Crippen LogP contribution in [0, 0.1) is 11.8 Å². The maximum Gasteiger partial charge on any atom is 0.391 e. The lowest BCUT2D eigenvalue weighted by Gasteiger charge is -2.28. The Balaban J connectivity index is 1.63. The van der Waals surface area contributed by atoms with Gasteiger partial charge in [0.15, 0.2) is 5.13 Å². The average Bonchev–Trinajstić information content (AvgIpc) is 3.27. The quantitative estimate of drug-likeness (QED) is 0.686. The molecule has 1 aliphatic carbocycles. The summed E-state index contributed by atoms with van der Waals surface area (Å²) in [6.07, 6.45) is -3.85. The van der Waals surface area contributed by atoms with Crippen molar-refractivity contribution in [2.45, 2.75) is 45.1 Å². The fraction of sp³-hybridized carbons (Fsp3) is 0.562. The van der Waals surface area contributed by atoms with E-state index in [1.165, 1.54) is 22.7 Å². The lowest BCUT2D eigenvalue weighted by molar-refractivity contribution is -0.184. The van der Waals surface area contributed by atoms with Gasteiger partial charge in [-0.15, -0.1) is 22.7 Å². The normalized spacial score (nSPS) is 20.6. The largest absolute Gasteiger partial charge is 0.391 e. The molecule has 2 aromatic rings. The molecule has 3 N–H and O–H groups in total. The summed E-state index contributed by atoms with van der Waals surface area (Å²) in [4.78, 5) is 21.4. The summed E-state index contributed by atoms with van der Waals surface area (Å²) in [5, 5.41) is 23.7. The van der Waals surface area contributed by atoms with Crippen molar-refractivity contribution in [3.05, 3.63) is 16.1 Å². The summed E-state index contributed by atoms with van der Waals surface area (Å²) in [6, 6.07) is 0. The van der Waals surface area contributed by atoms with E-state index in [0.717, 1.165) is 0 Å². The Hall–Kier alpha value is -1.56. The predicted molar refractivity (Wildman–Crippen MR) is 95.2 cm³/mol. The molecule has 3 rings (SSSR count). The van der Waals surface area contributed by atoms with Crippen LogP contribution in [-0.2, 0) is 18.0 Å². The maximum atomic E-state index is 12.7. The summed E-state index contributed by atoms with van der Waals surface area (Å²) in [5.74, 6) is -2.09. The maximum absolute atomic E-state index is 12.7. The van der Waals surface area contributed by atoms with E-state index in [1.54, 1.807) is 5.38 Å². The van der Waals surface area contributed by atoms with Crippen molar-refractivity contribution in [2.75, 3.05) is 5.32 Å². The van der Waals surface area contributed by atoms with Crippen LogP contribution in [0.5, 0.6) is 0 Å². The van der Waals surface area contributed by atoms with Gasteiger partial charge in [0.05, 0.1) is 35.4 Å². The van der Waals surface area contributed by atoms with Gasteiger partial charge in [-0.3, -0.25) is 4.79 Å². The minimum absolute atomic E-state index is 0.0324. The number of hydrogen-bond acceptors (Lipinski definition) is 7. The number of nitrogens with zero attached hydrogens (tertiary/aromatic N) is 2. The summed E-state index contributed by atoms with van der Waals surface area (Å²) >= 11 is 2.39. The molecule has 2 heterocycles. The molecular weight excluding hydrogens is 403 g/mol. The fourth-order valence-electron chi connectivity index (χ4n) is 3.10. The van der Waals surface area contributed by atoms with Gasteiger partial charge in [0, 0.05) is 11.3 Å². The molecule has 148 valence electrons. The van der Waals surface area contributed by atoms with Gasteiger partial charge in [0.25, 0.3) is 0 Å². The lowest BCUT2D eigenvalue weighted by Crippen LogP contribution is -2.32. The van der Waals surface area contributed by atoms with Gasteiger partial charge in [0.1, 0.15) is 5.01 Å². The molecule has 1 fully saturated rings. The Labute approximate surface area is 161 Å². The first kappa shape index (κ1) is 20.2. The van der Waals surface area contributed by atoms with Gasteiger partial charge in [-0.25, -0.2) is 9.97 Å². The number of carbonyl (C=O) groups is 1. The van der Waals surface area contributed by atoms with Gasteiger partial charge in [-0.1, -0.05) is 0 Å². The van der Waals surface area contributed by atoms with E-state index in [0.29, 0.717) is 26.4 Å². The molecule has 1 saturated carbocycles. The Bertz CT molecular complexity index is 798. The topological polar surface area (TPSA) is 95.3 Å². The highest BCUT2D eigenvalue weighted by Crippen LogP contribution is 2.40. The van der Waals surface area contributed by atoms with Crippen LogP contribution in [-0.4, -0.2) is 32.3 Å². The number of aliphatic hydroxyl groups excluding tert-OH is 2. The first-order valence-electron chi connectivity index (χ1n) is 8.35. The average molecular weight is 421 g/mol. The first-order chi connectivity index (χ1) is 12.8. The van der Waals surface area contributed by atoms with Crippen molar-refractivity contribution < 1.29 is 28.2 Å². The minimum Gasteiger partial charge on any atom is -0.390 e. The zero-order valence-electron chi connectivity index (χ0n) is 14.1. The van der Waals surface area contributed by atoms with Crippen LogP contribution in [0.25, 0.3) is 10.6 Å². The highest BCUT2D eigenvalue weighted by atomic mass is 32.1. The van der Waals surface area contributed by atoms with E-state index in [4.69, 9.17) is 0 Å². The third-order valence-electron chi connectivity index (χ3n) is 4.55. The minimum atomic E-state index is -4.20. The van der Waals surface area contributed by atoms with E-state index in [1.807, 2.05) is 0 Å². The molecule has 0 radical (unpaired) electrons. The second-order valence-electron chi connectivity index (χ2n) is 6.32. The van der Waals surface area contributed by atoms with Crippen molar-refractivity contribution in [2.24, 2.45) is 11.8 Å². The molecule has 0 atom stereocenters. The number of aromatic nitrogens is 2. The van der Waals surface area contributed by atoms with Gasteiger partial charge in [-0.2, -0.15) is 13.2 Å². The molecule has 11 heteroatoms. The Morgan fingerprint density at radius 1 is 1.19 bits per heavy atom. The van der Waals surface area contributed by atoms with Gasteiger partial charge in [-0.05, 0) is 25.7 Å². The van der Waals surface area contributed by atoms with Crippen LogP contribution in [0.1, 0.15) is 36.4 Å². The van der Waals surface area contributed by atoms with Gasteiger partial charge in [0.2, 0.25) is 5.91 Å². The summed E-state index contributed by atoms with van der Waals surface area (Å²) in [7, 11) is 0. The highest BCUT2D eigenvalue weighted by molar-refractivity contribution is 7.17. The van der Waals surface area contributed by atoms with Crippen LogP contribution >= 0.6 is 22.7 Å². The van der Waals surface area contributed by atoms with Crippen LogP contribution in [0.2, 0.25) is 0 Å². The fourth-order valence-corrected chi connectivity index (χ4v) is 4.77. The number of alkyl halides is 3. The van der Waals surface area contributed by atoms with Gasteiger partial charge < -0.3 is 15.5 Å². The third-order valence-corrected chi connectivity index (χ3v) is 6.42. The van der Waals surface area contributed by atoms with E-state index in [9.17, 15) is 28.2 Å². The van der Waals surface area contributed by atoms with E-state index in [-0.39, 0.29) is 44.8 Å². The second kappa shape index (κ2) is 8.21. The zero-order valence-corrected chi connectivity index (χ0v) is 15.8. The van der Waals surface area contributed by atoms with Gasteiger partial charge >= 0.3 is 6.18 Å². The van der Waals surface area contributed by atoms with Crippen molar-refractivity contribution in [3.8, 4) is 10.6 Å². The number of halogens is 3.